The van der Waals surface area contributed by atoms with Crippen LogP contribution < -0.4 is 19.9 Å². The lowest BCUT2D eigenvalue weighted by Crippen LogP contribution is -2.29. The summed E-state index contributed by atoms with van der Waals surface area (Å²) in [5, 5.41) is 9.45. The Morgan fingerprint density at radius 3 is 2.57 bits per heavy atom. The third-order valence-electron chi connectivity index (χ3n) is 4.02. The number of aliphatic imine (C=N–C) groups is 1. The van der Waals surface area contributed by atoms with Gasteiger partial charge >= 0.3 is 0 Å². The lowest BCUT2D eigenvalue weighted by Gasteiger charge is -2.23. The van der Waals surface area contributed by atoms with E-state index in [1.807, 2.05) is 60.7 Å². The van der Waals surface area contributed by atoms with Gasteiger partial charge in [0.05, 0.1) is 22.2 Å². The Bertz CT molecular complexity index is 1010. The second kappa shape index (κ2) is 8.79. The molecule has 1 heterocycles. The van der Waals surface area contributed by atoms with Gasteiger partial charge in [-0.3, -0.25) is 9.86 Å². The number of benzene rings is 3. The van der Waals surface area contributed by atoms with E-state index in [1.54, 1.807) is 6.07 Å². The predicted octanol–water partition coefficient (Wildman–Crippen LogP) is 5.68. The molecule has 0 amide bonds. The molecule has 0 radical (unpaired) electrons. The van der Waals surface area contributed by atoms with Crippen LogP contribution in [0.15, 0.2) is 81.5 Å². The second-order valence-electron chi connectivity index (χ2n) is 5.92. The van der Waals surface area contributed by atoms with Crippen molar-refractivity contribution in [3.8, 4) is 11.5 Å². The predicted molar refractivity (Wildman–Crippen MR) is 118 cm³/mol. The molecule has 0 fully saturated rings. The number of para-hydroxylation sites is 2. The summed E-state index contributed by atoms with van der Waals surface area (Å²) in [5.74, 6) is 1.97. The number of hydrogen-bond donors (Lipinski definition) is 3. The van der Waals surface area contributed by atoms with E-state index >= 15 is 0 Å². The topological polar surface area (TPSA) is 71.7 Å². The molecule has 3 aromatic rings. The summed E-state index contributed by atoms with van der Waals surface area (Å²) in [5.41, 5.74) is 1.96. The van der Waals surface area contributed by atoms with Gasteiger partial charge in [-0.05, 0) is 65.9 Å². The van der Waals surface area contributed by atoms with E-state index in [0.717, 1.165) is 21.0 Å². The van der Waals surface area contributed by atoms with Crippen LogP contribution in [0.2, 0.25) is 5.02 Å². The molecule has 0 saturated heterocycles. The van der Waals surface area contributed by atoms with Crippen LogP contribution in [-0.2, 0) is 6.54 Å². The minimum absolute atomic E-state index is 0.550. The highest BCUT2D eigenvalue weighted by molar-refractivity contribution is 7.98. The molecule has 0 bridgehead atoms. The monoisotopic (exact) mass is 428 g/mol. The molecule has 0 atom stereocenters. The van der Waals surface area contributed by atoms with E-state index in [4.69, 9.17) is 21.5 Å². The van der Waals surface area contributed by atoms with Crippen molar-refractivity contribution < 1.29 is 4.74 Å². The van der Waals surface area contributed by atoms with E-state index in [-0.39, 0.29) is 0 Å². The van der Waals surface area contributed by atoms with Crippen molar-refractivity contribution in [3.05, 3.63) is 77.3 Å². The Labute approximate surface area is 177 Å². The van der Waals surface area contributed by atoms with E-state index in [9.17, 15) is 0 Å². The third kappa shape index (κ3) is 4.39. The SMILES string of the molecule is NSc1ccc(CN=C2NSc3cccc(Oc4ccccc4Cl)c3N2)cc1. The van der Waals surface area contributed by atoms with Crippen LogP contribution in [0.3, 0.4) is 0 Å². The van der Waals surface area contributed by atoms with Crippen LogP contribution in [0, 0.1) is 0 Å². The molecule has 0 unspecified atom stereocenters. The quantitative estimate of drug-likeness (QED) is 0.454. The molecule has 28 heavy (non-hydrogen) atoms. The average Bonchev–Trinajstić information content (AvgIpc) is 2.74. The molecule has 8 heteroatoms. The molecule has 142 valence electrons. The van der Waals surface area contributed by atoms with E-state index < -0.39 is 0 Å². The Morgan fingerprint density at radius 1 is 1.00 bits per heavy atom. The van der Waals surface area contributed by atoms with Gasteiger partial charge in [-0.25, -0.2) is 4.99 Å². The van der Waals surface area contributed by atoms with Crippen LogP contribution in [0.1, 0.15) is 5.56 Å². The van der Waals surface area contributed by atoms with Gasteiger partial charge in [-0.1, -0.05) is 41.9 Å². The fourth-order valence-corrected chi connectivity index (χ4v) is 3.80. The molecular weight excluding hydrogens is 412 g/mol. The van der Waals surface area contributed by atoms with Gasteiger partial charge in [0.25, 0.3) is 0 Å². The molecule has 3 aromatic carbocycles. The van der Waals surface area contributed by atoms with Crippen molar-refractivity contribution in [2.45, 2.75) is 16.3 Å². The van der Waals surface area contributed by atoms with Crippen molar-refractivity contribution >= 4 is 47.1 Å². The maximum absolute atomic E-state index is 6.23. The normalized spacial score (nSPS) is 14.1. The van der Waals surface area contributed by atoms with Crippen LogP contribution in [-0.4, -0.2) is 5.96 Å². The zero-order chi connectivity index (χ0) is 19.3. The maximum Gasteiger partial charge on any atom is 0.206 e. The van der Waals surface area contributed by atoms with Gasteiger partial charge in [0.2, 0.25) is 5.96 Å². The number of rotatable bonds is 5. The Morgan fingerprint density at radius 2 is 1.79 bits per heavy atom. The number of fused-ring (bicyclic) bond motifs is 1. The molecule has 0 saturated carbocycles. The van der Waals surface area contributed by atoms with Crippen molar-refractivity contribution in [1.29, 1.82) is 0 Å². The van der Waals surface area contributed by atoms with Gasteiger partial charge in [-0.15, -0.1) is 0 Å². The van der Waals surface area contributed by atoms with E-state index in [2.05, 4.69) is 15.0 Å². The first-order chi connectivity index (χ1) is 13.7. The van der Waals surface area contributed by atoms with E-state index in [0.29, 0.717) is 29.0 Å². The van der Waals surface area contributed by atoms with Crippen molar-refractivity contribution in [2.24, 2.45) is 10.1 Å². The molecule has 1 aliphatic rings. The first-order valence-corrected chi connectivity index (χ1v) is 10.6. The van der Waals surface area contributed by atoms with Gasteiger partial charge < -0.3 is 10.1 Å². The van der Waals surface area contributed by atoms with Gasteiger partial charge in [-0.2, -0.15) is 0 Å². The standard InChI is InChI=1S/C20H17ClN4OS2/c21-15-4-1-2-5-16(15)26-17-6-3-7-18-19(17)24-20(25-28-18)23-12-13-8-10-14(27-22)11-9-13/h1-11H,12,22H2,(H2,23,24,25). The summed E-state index contributed by atoms with van der Waals surface area (Å²) < 4.78 is 9.26. The van der Waals surface area contributed by atoms with Crippen molar-refractivity contribution in [1.82, 2.24) is 4.72 Å². The van der Waals surface area contributed by atoms with E-state index in [1.165, 1.54) is 23.9 Å². The van der Waals surface area contributed by atoms with Crippen LogP contribution in [0.25, 0.3) is 0 Å². The molecule has 0 aromatic heterocycles. The summed E-state index contributed by atoms with van der Waals surface area (Å²) >= 11 is 8.95. The zero-order valence-electron chi connectivity index (χ0n) is 14.7. The maximum atomic E-state index is 6.23. The molecule has 4 N–H and O–H groups in total. The molecule has 0 aliphatic carbocycles. The zero-order valence-corrected chi connectivity index (χ0v) is 17.1. The number of halogens is 1. The van der Waals surface area contributed by atoms with Crippen molar-refractivity contribution in [3.63, 3.8) is 0 Å². The number of nitrogens with two attached hydrogens (primary N) is 1. The summed E-state index contributed by atoms with van der Waals surface area (Å²) in [7, 11) is 0. The summed E-state index contributed by atoms with van der Waals surface area (Å²) in [6, 6.07) is 21.3. The third-order valence-corrected chi connectivity index (χ3v) is 5.74. The second-order valence-corrected chi connectivity index (χ2v) is 7.88. The first kappa shape index (κ1) is 19.0. The van der Waals surface area contributed by atoms with Crippen LogP contribution in [0.5, 0.6) is 11.5 Å². The number of hydrogen-bond acceptors (Lipinski definition) is 5. The molecule has 1 aliphatic heterocycles. The minimum atomic E-state index is 0.550. The highest BCUT2D eigenvalue weighted by atomic mass is 35.5. The number of guanidine groups is 1. The number of nitrogens with one attached hydrogen (secondary N) is 2. The Hall–Kier alpha value is -2.32. The van der Waals surface area contributed by atoms with Gasteiger partial charge in [0.1, 0.15) is 5.75 Å². The highest BCUT2D eigenvalue weighted by Gasteiger charge is 2.19. The number of nitrogens with zero attached hydrogens (tertiary/aromatic N) is 1. The molecule has 4 rings (SSSR count). The van der Waals surface area contributed by atoms with Crippen molar-refractivity contribution in [2.75, 3.05) is 5.32 Å². The van der Waals surface area contributed by atoms with Gasteiger partial charge in [0.15, 0.2) is 5.75 Å². The summed E-state index contributed by atoms with van der Waals surface area (Å²) in [4.78, 5) is 6.67. The lowest BCUT2D eigenvalue weighted by atomic mass is 10.2. The average molecular weight is 429 g/mol. The first-order valence-electron chi connectivity index (χ1n) is 8.48. The number of ether oxygens (including phenoxy) is 1. The van der Waals surface area contributed by atoms with Crippen LogP contribution in [0.4, 0.5) is 5.69 Å². The summed E-state index contributed by atoms with van der Waals surface area (Å²) in [6.45, 7) is 0.550. The fraction of sp³-hybridized carbons (Fsp3) is 0.0500. The highest BCUT2D eigenvalue weighted by Crippen LogP contribution is 2.40. The number of anilines is 1. The molecule has 5 nitrogen and oxygen atoms in total. The Kier molecular flexibility index (Phi) is 5.97. The molecule has 0 spiro atoms. The molecular formula is C20H17ClN4OS2. The Balaban J connectivity index is 1.53. The lowest BCUT2D eigenvalue weighted by molar-refractivity contribution is 0.484. The fourth-order valence-electron chi connectivity index (χ4n) is 2.61. The summed E-state index contributed by atoms with van der Waals surface area (Å²) in [6.07, 6.45) is 0. The smallest absolute Gasteiger partial charge is 0.206 e. The minimum Gasteiger partial charge on any atom is -0.454 e. The van der Waals surface area contributed by atoms with Crippen LogP contribution >= 0.6 is 35.5 Å². The largest absolute Gasteiger partial charge is 0.454 e. The van der Waals surface area contributed by atoms with Gasteiger partial charge in [0, 0.05) is 4.90 Å².